The van der Waals surface area contributed by atoms with Crippen LogP contribution < -0.4 is 4.74 Å². The molecule has 0 saturated heterocycles. The minimum atomic E-state index is -0.996. The van der Waals surface area contributed by atoms with Gasteiger partial charge in [0.1, 0.15) is 5.75 Å². The van der Waals surface area contributed by atoms with Gasteiger partial charge >= 0.3 is 11.9 Å². The highest BCUT2D eigenvalue weighted by Gasteiger charge is 2.20. The molecular formula is C23H22O4. The molecule has 0 aliphatic carbocycles. The number of carboxylic acids is 1. The lowest BCUT2D eigenvalue weighted by atomic mass is 9.92. The smallest absolute Gasteiger partial charge is 0.336 e. The summed E-state index contributed by atoms with van der Waals surface area (Å²) in [5.41, 5.74) is 1.35. The number of hydrogen-bond acceptors (Lipinski definition) is 3. The van der Waals surface area contributed by atoms with Gasteiger partial charge in [-0.1, -0.05) is 69.3 Å². The molecule has 0 radical (unpaired) electrons. The zero-order chi connectivity index (χ0) is 19.6. The Morgan fingerprint density at radius 2 is 1.52 bits per heavy atom. The monoisotopic (exact) mass is 362 g/mol. The fourth-order valence-corrected chi connectivity index (χ4v) is 3.11. The van der Waals surface area contributed by atoms with Crippen LogP contribution in [0.2, 0.25) is 0 Å². The molecule has 0 aromatic heterocycles. The molecule has 0 heterocycles. The average Bonchev–Trinajstić information content (AvgIpc) is 2.59. The lowest BCUT2D eigenvalue weighted by molar-refractivity contribution is -0.136. The van der Waals surface area contributed by atoms with Gasteiger partial charge in [0, 0.05) is 5.39 Å². The van der Waals surface area contributed by atoms with E-state index in [1.165, 1.54) is 0 Å². The van der Waals surface area contributed by atoms with Crippen molar-refractivity contribution in [3.63, 3.8) is 0 Å². The first kappa shape index (κ1) is 18.6. The molecule has 0 spiro atoms. The van der Waals surface area contributed by atoms with Crippen LogP contribution in [-0.4, -0.2) is 17.0 Å². The molecule has 27 heavy (non-hydrogen) atoms. The van der Waals surface area contributed by atoms with Gasteiger partial charge in [-0.05, 0) is 34.1 Å². The number of carbonyl (C=O) groups is 2. The first-order chi connectivity index (χ1) is 12.8. The third-order valence-corrected chi connectivity index (χ3v) is 4.21. The number of esters is 1. The quantitative estimate of drug-likeness (QED) is 0.488. The lowest BCUT2D eigenvalue weighted by Crippen LogP contribution is -2.17. The van der Waals surface area contributed by atoms with Gasteiger partial charge in [-0.2, -0.15) is 0 Å². The Bertz CT molecular complexity index is 1010. The lowest BCUT2D eigenvalue weighted by Gasteiger charge is -2.18. The van der Waals surface area contributed by atoms with Crippen LogP contribution in [0.3, 0.4) is 0 Å². The summed E-state index contributed by atoms with van der Waals surface area (Å²) in [6, 6.07) is 18.0. The van der Waals surface area contributed by atoms with Crippen molar-refractivity contribution in [3.8, 4) is 16.9 Å². The Balaban J connectivity index is 2.16. The van der Waals surface area contributed by atoms with Crippen molar-refractivity contribution in [1.82, 2.24) is 0 Å². The van der Waals surface area contributed by atoms with Gasteiger partial charge in [0.05, 0.1) is 12.0 Å². The van der Waals surface area contributed by atoms with Gasteiger partial charge in [0.2, 0.25) is 0 Å². The first-order valence-electron chi connectivity index (χ1n) is 8.81. The molecule has 1 N–H and O–H groups in total. The van der Waals surface area contributed by atoms with E-state index in [1.807, 2.05) is 51.1 Å². The predicted octanol–water partition coefficient (Wildman–Crippen LogP) is 5.55. The summed E-state index contributed by atoms with van der Waals surface area (Å²) in [5, 5.41) is 11.2. The standard InChI is InChI=1S/C23H22O4/c1-23(2,3)14-20(24)27-19-13-7-9-15-8-6-12-17(21(15)19)16-10-4-5-11-18(16)22(25)26/h4-13H,14H2,1-3H3,(H,25,26). The molecule has 0 aliphatic heterocycles. The zero-order valence-corrected chi connectivity index (χ0v) is 15.7. The molecule has 0 saturated carbocycles. The molecule has 3 aromatic carbocycles. The van der Waals surface area contributed by atoms with Gasteiger partial charge in [0.25, 0.3) is 0 Å². The molecule has 0 unspecified atom stereocenters. The highest BCUT2D eigenvalue weighted by Crippen LogP contribution is 2.37. The van der Waals surface area contributed by atoms with E-state index in [9.17, 15) is 14.7 Å². The normalized spacial score (nSPS) is 11.4. The minimum absolute atomic E-state index is 0.180. The highest BCUT2D eigenvalue weighted by atomic mass is 16.5. The highest BCUT2D eigenvalue weighted by molar-refractivity contribution is 6.06. The van der Waals surface area contributed by atoms with Crippen molar-refractivity contribution in [2.75, 3.05) is 0 Å². The fourth-order valence-electron chi connectivity index (χ4n) is 3.11. The van der Waals surface area contributed by atoms with Crippen molar-refractivity contribution in [1.29, 1.82) is 0 Å². The van der Waals surface area contributed by atoms with Crippen molar-refractivity contribution in [3.05, 3.63) is 66.2 Å². The summed E-state index contributed by atoms with van der Waals surface area (Å²) < 4.78 is 5.68. The van der Waals surface area contributed by atoms with E-state index in [2.05, 4.69) is 0 Å². The second-order valence-corrected chi connectivity index (χ2v) is 7.72. The maximum atomic E-state index is 12.4. The first-order valence-corrected chi connectivity index (χ1v) is 8.81. The van der Waals surface area contributed by atoms with E-state index < -0.39 is 5.97 Å². The van der Waals surface area contributed by atoms with Crippen molar-refractivity contribution in [2.24, 2.45) is 5.41 Å². The van der Waals surface area contributed by atoms with Gasteiger partial charge in [0.15, 0.2) is 0 Å². The molecule has 3 aromatic rings. The summed E-state index contributed by atoms with van der Waals surface area (Å²) in [4.78, 5) is 24.0. The number of aromatic carboxylic acids is 1. The Kier molecular flexibility index (Phi) is 5.00. The van der Waals surface area contributed by atoms with E-state index in [0.717, 1.165) is 16.3 Å². The molecule has 0 atom stereocenters. The summed E-state index contributed by atoms with van der Waals surface area (Å²) in [5.74, 6) is -0.862. The van der Waals surface area contributed by atoms with Gasteiger partial charge in [-0.15, -0.1) is 0 Å². The van der Waals surface area contributed by atoms with Crippen LogP contribution in [0.5, 0.6) is 5.75 Å². The van der Waals surface area contributed by atoms with Crippen LogP contribution in [-0.2, 0) is 4.79 Å². The van der Waals surface area contributed by atoms with E-state index in [1.54, 1.807) is 30.3 Å². The number of ether oxygens (including phenoxy) is 1. The molecule has 138 valence electrons. The molecule has 0 bridgehead atoms. The number of rotatable bonds is 4. The summed E-state index contributed by atoms with van der Waals surface area (Å²) in [6.45, 7) is 5.93. The Morgan fingerprint density at radius 3 is 2.19 bits per heavy atom. The topological polar surface area (TPSA) is 63.6 Å². The summed E-state index contributed by atoms with van der Waals surface area (Å²) in [6.07, 6.45) is 0.289. The van der Waals surface area contributed by atoms with Crippen molar-refractivity contribution >= 4 is 22.7 Å². The molecule has 0 aliphatic rings. The van der Waals surface area contributed by atoms with E-state index in [4.69, 9.17) is 4.74 Å². The Morgan fingerprint density at radius 1 is 0.889 bits per heavy atom. The number of benzene rings is 3. The summed E-state index contributed by atoms with van der Waals surface area (Å²) in [7, 11) is 0. The maximum Gasteiger partial charge on any atom is 0.336 e. The van der Waals surface area contributed by atoms with E-state index >= 15 is 0 Å². The zero-order valence-electron chi connectivity index (χ0n) is 15.7. The molecular weight excluding hydrogens is 340 g/mol. The summed E-state index contributed by atoms with van der Waals surface area (Å²) >= 11 is 0. The number of carbonyl (C=O) groups excluding carboxylic acids is 1. The van der Waals surface area contributed by atoms with Crippen LogP contribution in [0.1, 0.15) is 37.6 Å². The molecule has 0 fully saturated rings. The second-order valence-electron chi connectivity index (χ2n) is 7.72. The van der Waals surface area contributed by atoms with Gasteiger partial charge in [-0.3, -0.25) is 4.79 Å². The number of fused-ring (bicyclic) bond motifs is 1. The predicted molar refractivity (Wildman–Crippen MR) is 106 cm³/mol. The minimum Gasteiger partial charge on any atom is -0.478 e. The molecule has 4 nitrogen and oxygen atoms in total. The van der Waals surface area contributed by atoms with E-state index in [0.29, 0.717) is 11.3 Å². The Hall–Kier alpha value is -3.14. The SMILES string of the molecule is CC(C)(C)CC(=O)Oc1cccc2cccc(-c3ccccc3C(=O)O)c12. The average molecular weight is 362 g/mol. The molecule has 3 rings (SSSR count). The number of carboxylic acid groups (broad SMARTS) is 1. The van der Waals surface area contributed by atoms with Crippen LogP contribution in [0.4, 0.5) is 0 Å². The molecule has 4 heteroatoms. The van der Waals surface area contributed by atoms with Crippen molar-refractivity contribution in [2.45, 2.75) is 27.2 Å². The largest absolute Gasteiger partial charge is 0.478 e. The maximum absolute atomic E-state index is 12.4. The van der Waals surface area contributed by atoms with Gasteiger partial charge < -0.3 is 9.84 Å². The van der Waals surface area contributed by atoms with Crippen molar-refractivity contribution < 1.29 is 19.4 Å². The van der Waals surface area contributed by atoms with Crippen LogP contribution in [0, 0.1) is 5.41 Å². The third kappa shape index (κ3) is 4.17. The number of hydrogen-bond donors (Lipinski definition) is 1. The van der Waals surface area contributed by atoms with Crippen LogP contribution in [0.15, 0.2) is 60.7 Å². The Labute approximate surface area is 158 Å². The van der Waals surface area contributed by atoms with E-state index in [-0.39, 0.29) is 23.4 Å². The van der Waals surface area contributed by atoms with Gasteiger partial charge in [-0.25, -0.2) is 4.79 Å². The fraction of sp³-hybridized carbons (Fsp3) is 0.217. The van der Waals surface area contributed by atoms with Crippen LogP contribution >= 0.6 is 0 Å². The second kappa shape index (κ2) is 7.23. The van der Waals surface area contributed by atoms with Crippen LogP contribution in [0.25, 0.3) is 21.9 Å². The third-order valence-electron chi connectivity index (χ3n) is 4.21. The molecule has 0 amide bonds.